The Hall–Kier alpha value is -2.67. The minimum absolute atomic E-state index is 0.0612. The van der Waals surface area contributed by atoms with Crippen LogP contribution < -0.4 is 20.4 Å². The number of piperidine rings is 1. The highest BCUT2D eigenvalue weighted by atomic mass is 16.1. The number of amides is 1. The van der Waals surface area contributed by atoms with Crippen LogP contribution in [0.5, 0.6) is 0 Å². The molecule has 2 aromatic heterocycles. The molecule has 2 N–H and O–H groups in total. The summed E-state index contributed by atoms with van der Waals surface area (Å²) in [5.41, 5.74) is 3.76. The smallest absolute Gasteiger partial charge is 0.230 e. The van der Waals surface area contributed by atoms with Crippen molar-refractivity contribution in [1.82, 2.24) is 15.3 Å². The summed E-state index contributed by atoms with van der Waals surface area (Å²) in [6.45, 7) is 5.40. The van der Waals surface area contributed by atoms with E-state index in [0.717, 1.165) is 54.9 Å². The zero-order valence-corrected chi connectivity index (χ0v) is 19.5. The van der Waals surface area contributed by atoms with Crippen molar-refractivity contribution in [1.29, 1.82) is 0 Å². The van der Waals surface area contributed by atoms with E-state index in [0.29, 0.717) is 6.04 Å². The molecule has 1 amide bonds. The van der Waals surface area contributed by atoms with Gasteiger partial charge in [0, 0.05) is 37.9 Å². The first-order valence-electron chi connectivity index (χ1n) is 12.7. The second-order valence-corrected chi connectivity index (χ2v) is 9.85. The topological polar surface area (TPSA) is 73.4 Å². The van der Waals surface area contributed by atoms with E-state index in [4.69, 9.17) is 0 Å². The van der Waals surface area contributed by atoms with E-state index in [1.807, 2.05) is 24.5 Å². The molecule has 0 radical (unpaired) electrons. The van der Waals surface area contributed by atoms with Crippen LogP contribution in [0.3, 0.4) is 0 Å². The number of hydrogen-bond donors (Lipinski definition) is 2. The summed E-state index contributed by atoms with van der Waals surface area (Å²) in [5, 5.41) is 6.77. The normalized spacial score (nSPS) is 21.2. The van der Waals surface area contributed by atoms with Gasteiger partial charge in [0.1, 0.15) is 0 Å². The van der Waals surface area contributed by atoms with Gasteiger partial charge < -0.3 is 20.4 Å². The lowest BCUT2D eigenvalue weighted by Gasteiger charge is -2.36. The molecule has 1 saturated carbocycles. The molecule has 2 aliphatic heterocycles. The molecule has 1 aliphatic carbocycles. The largest absolute Gasteiger partial charge is 0.370 e. The Labute approximate surface area is 197 Å². The molecule has 5 rings (SSSR count). The average Bonchev–Trinajstić information content (AvgIpc) is 3.34. The Bertz CT molecular complexity index is 923. The van der Waals surface area contributed by atoms with Crippen molar-refractivity contribution < 1.29 is 4.79 Å². The zero-order chi connectivity index (χ0) is 22.5. The Morgan fingerprint density at radius 3 is 2.55 bits per heavy atom. The van der Waals surface area contributed by atoms with Gasteiger partial charge >= 0.3 is 0 Å². The van der Waals surface area contributed by atoms with E-state index in [2.05, 4.69) is 36.5 Å². The Morgan fingerprint density at radius 2 is 1.79 bits per heavy atom. The van der Waals surface area contributed by atoms with Crippen LogP contribution in [0.25, 0.3) is 0 Å². The van der Waals surface area contributed by atoms with Gasteiger partial charge in [-0.25, -0.2) is 0 Å². The number of pyridine rings is 2. The first-order chi connectivity index (χ1) is 16.2. The third-order valence-electron chi connectivity index (χ3n) is 7.34. The van der Waals surface area contributed by atoms with E-state index in [1.54, 1.807) is 6.20 Å². The molecule has 0 aromatic carbocycles. The van der Waals surface area contributed by atoms with Crippen molar-refractivity contribution in [3.63, 3.8) is 0 Å². The second kappa shape index (κ2) is 10.5. The molecule has 3 fully saturated rings. The van der Waals surface area contributed by atoms with Crippen molar-refractivity contribution in [2.24, 2.45) is 5.92 Å². The van der Waals surface area contributed by atoms with Gasteiger partial charge in [-0.15, -0.1) is 0 Å². The molecule has 2 aromatic rings. The summed E-state index contributed by atoms with van der Waals surface area (Å²) in [5.74, 6) is 0.833. The highest BCUT2D eigenvalue weighted by Crippen LogP contribution is 2.26. The van der Waals surface area contributed by atoms with Crippen LogP contribution in [-0.4, -0.2) is 54.6 Å². The highest BCUT2D eigenvalue weighted by molar-refractivity contribution is 5.92. The lowest BCUT2D eigenvalue weighted by Crippen LogP contribution is -2.47. The molecule has 7 heteroatoms. The minimum Gasteiger partial charge on any atom is -0.370 e. The second-order valence-electron chi connectivity index (χ2n) is 9.85. The Balaban J connectivity index is 1.12. The molecule has 0 unspecified atom stereocenters. The van der Waals surface area contributed by atoms with Crippen LogP contribution in [0.4, 0.5) is 17.1 Å². The third-order valence-corrected chi connectivity index (χ3v) is 7.34. The van der Waals surface area contributed by atoms with E-state index in [9.17, 15) is 4.79 Å². The fourth-order valence-electron chi connectivity index (χ4n) is 5.13. The summed E-state index contributed by atoms with van der Waals surface area (Å²) in [6, 6.07) is 6.67. The number of aromatic nitrogens is 2. The van der Waals surface area contributed by atoms with Crippen LogP contribution in [0.15, 0.2) is 36.8 Å². The lowest BCUT2D eigenvalue weighted by atomic mass is 9.85. The number of nitrogens with zero attached hydrogens (tertiary/aromatic N) is 4. The fraction of sp³-hybridized carbons (Fsp3) is 0.577. The van der Waals surface area contributed by atoms with Crippen LogP contribution in [-0.2, 0) is 11.2 Å². The average molecular weight is 449 g/mol. The third kappa shape index (κ3) is 5.82. The Kier molecular flexibility index (Phi) is 7.05. The van der Waals surface area contributed by atoms with Crippen LogP contribution in [0, 0.1) is 5.92 Å². The quantitative estimate of drug-likeness (QED) is 0.643. The number of nitrogens with one attached hydrogen (secondary N) is 2. The zero-order valence-electron chi connectivity index (χ0n) is 19.5. The molecule has 176 valence electrons. The number of anilines is 3. The van der Waals surface area contributed by atoms with E-state index < -0.39 is 0 Å². The van der Waals surface area contributed by atoms with Crippen molar-refractivity contribution in [2.75, 3.05) is 47.8 Å². The Morgan fingerprint density at radius 1 is 0.939 bits per heavy atom. The predicted molar refractivity (Wildman–Crippen MR) is 133 cm³/mol. The maximum absolute atomic E-state index is 12.6. The van der Waals surface area contributed by atoms with Gasteiger partial charge in [-0.3, -0.25) is 14.8 Å². The standard InChI is InChI=1S/C26H36N6O/c33-26(30-23-13-25(17-27-16-23)31-10-1-2-11-31)14-21-8-9-24(18-29-21)32-12-4-7-22(19-32)28-15-20-5-3-6-20/h8-9,13,16-18,20,22,28H,1-7,10-12,14-15,19H2,(H,30,33)/t22-/m1/s1. The van der Waals surface area contributed by atoms with E-state index in [-0.39, 0.29) is 12.3 Å². The molecule has 0 bridgehead atoms. The van der Waals surface area contributed by atoms with Gasteiger partial charge in [0.25, 0.3) is 0 Å². The number of carbonyl (C=O) groups excluding carboxylic acids is 1. The predicted octanol–water partition coefficient (Wildman–Crippen LogP) is 3.62. The van der Waals surface area contributed by atoms with E-state index >= 15 is 0 Å². The fourth-order valence-corrected chi connectivity index (χ4v) is 5.13. The van der Waals surface area contributed by atoms with Crippen LogP contribution >= 0.6 is 0 Å². The first-order valence-corrected chi connectivity index (χ1v) is 12.7. The number of rotatable bonds is 8. The van der Waals surface area contributed by atoms with Gasteiger partial charge in [0.05, 0.1) is 42.1 Å². The SMILES string of the molecule is O=C(Cc1ccc(N2CCC[C@@H](NCC3CCC3)C2)cn1)Nc1cncc(N2CCCC2)c1. The van der Waals surface area contributed by atoms with Crippen molar-refractivity contribution >= 4 is 23.0 Å². The van der Waals surface area contributed by atoms with Gasteiger partial charge in [0.15, 0.2) is 0 Å². The lowest BCUT2D eigenvalue weighted by molar-refractivity contribution is -0.115. The maximum atomic E-state index is 12.6. The van der Waals surface area contributed by atoms with Crippen molar-refractivity contribution in [3.05, 3.63) is 42.5 Å². The van der Waals surface area contributed by atoms with Gasteiger partial charge in [-0.1, -0.05) is 6.42 Å². The molecular weight excluding hydrogens is 412 g/mol. The molecule has 7 nitrogen and oxygen atoms in total. The molecule has 33 heavy (non-hydrogen) atoms. The molecule has 4 heterocycles. The van der Waals surface area contributed by atoms with Gasteiger partial charge in [-0.2, -0.15) is 0 Å². The summed E-state index contributed by atoms with van der Waals surface area (Å²) >= 11 is 0. The van der Waals surface area contributed by atoms with Gasteiger partial charge in [0.2, 0.25) is 5.91 Å². The van der Waals surface area contributed by atoms with Gasteiger partial charge in [-0.05, 0) is 69.2 Å². The summed E-state index contributed by atoms with van der Waals surface area (Å²) in [6.07, 6.45) is 14.8. The first kappa shape index (κ1) is 22.1. The summed E-state index contributed by atoms with van der Waals surface area (Å²) in [4.78, 5) is 26.2. The highest BCUT2D eigenvalue weighted by Gasteiger charge is 2.23. The molecule has 1 atom stereocenters. The van der Waals surface area contributed by atoms with Crippen molar-refractivity contribution in [2.45, 2.75) is 57.4 Å². The molecule has 2 saturated heterocycles. The summed E-state index contributed by atoms with van der Waals surface area (Å²) in [7, 11) is 0. The van der Waals surface area contributed by atoms with E-state index in [1.165, 1.54) is 51.5 Å². The van der Waals surface area contributed by atoms with Crippen LogP contribution in [0.2, 0.25) is 0 Å². The minimum atomic E-state index is -0.0612. The number of carbonyl (C=O) groups is 1. The number of hydrogen-bond acceptors (Lipinski definition) is 6. The monoisotopic (exact) mass is 448 g/mol. The summed E-state index contributed by atoms with van der Waals surface area (Å²) < 4.78 is 0. The molecular formula is C26H36N6O. The van der Waals surface area contributed by atoms with Crippen molar-refractivity contribution in [3.8, 4) is 0 Å². The molecule has 0 spiro atoms. The molecule has 3 aliphatic rings. The van der Waals surface area contributed by atoms with Crippen LogP contribution in [0.1, 0.15) is 50.6 Å². The maximum Gasteiger partial charge on any atom is 0.230 e.